The molecule has 3 aliphatic heterocycles. The lowest BCUT2D eigenvalue weighted by Crippen LogP contribution is -2.47. The molecule has 3 rings (SSSR count). The first-order valence-electron chi connectivity index (χ1n) is 10.8. The number of nitrogens with one attached hydrogen (secondary N) is 1. The van der Waals surface area contributed by atoms with Crippen LogP contribution in [0.1, 0.15) is 40.0 Å². The number of ether oxygens (including phenoxy) is 1. The van der Waals surface area contributed by atoms with E-state index in [1.54, 1.807) is 0 Å². The smallest absolute Gasteiger partial charge is 0.194 e. The fraction of sp³-hybridized carbons (Fsp3) is 0.950. The van der Waals surface area contributed by atoms with Gasteiger partial charge in [-0.3, -0.25) is 14.8 Å². The second-order valence-corrected chi connectivity index (χ2v) is 8.29. The van der Waals surface area contributed by atoms with Gasteiger partial charge in [-0.15, -0.1) is 24.0 Å². The van der Waals surface area contributed by atoms with Crippen molar-refractivity contribution in [3.05, 3.63) is 0 Å². The Morgan fingerprint density at radius 3 is 2.44 bits per heavy atom. The number of guanidine groups is 1. The number of nitrogens with zero attached hydrogens (tertiary/aromatic N) is 4. The van der Waals surface area contributed by atoms with Crippen molar-refractivity contribution in [2.45, 2.75) is 52.1 Å². The molecule has 2 atom stereocenters. The minimum atomic E-state index is 0. The van der Waals surface area contributed by atoms with Crippen LogP contribution in [-0.2, 0) is 4.74 Å². The quantitative estimate of drug-likeness (QED) is 0.349. The van der Waals surface area contributed by atoms with Gasteiger partial charge in [0.05, 0.1) is 19.8 Å². The van der Waals surface area contributed by atoms with Gasteiger partial charge in [0.25, 0.3) is 0 Å². The standard InChI is InChI=1S/C20H39N5O.HI/c1-4-21-20(22-15-19(17(2)3)24-8-5-6-9-24)25-10-7-18(16-25)23-11-13-26-14-12-23;/h17-19H,4-16H2,1-3H3,(H,21,22);1H. The largest absolute Gasteiger partial charge is 0.379 e. The van der Waals surface area contributed by atoms with Crippen molar-refractivity contribution < 1.29 is 4.74 Å². The molecule has 158 valence electrons. The number of hydrogen-bond acceptors (Lipinski definition) is 4. The SMILES string of the molecule is CCNC(=NCC(C(C)C)N1CCCC1)N1CCC(N2CCOCC2)C1.I. The lowest BCUT2D eigenvalue weighted by Gasteiger charge is -2.32. The summed E-state index contributed by atoms with van der Waals surface area (Å²) < 4.78 is 5.51. The van der Waals surface area contributed by atoms with Crippen molar-refractivity contribution in [3.63, 3.8) is 0 Å². The lowest BCUT2D eigenvalue weighted by atomic mass is 10.0. The van der Waals surface area contributed by atoms with Gasteiger partial charge in [0, 0.05) is 44.8 Å². The highest BCUT2D eigenvalue weighted by molar-refractivity contribution is 14.0. The summed E-state index contributed by atoms with van der Waals surface area (Å²) in [6, 6.07) is 1.23. The Hall–Kier alpha value is -0.120. The molecule has 0 radical (unpaired) electrons. The molecule has 0 bridgehead atoms. The van der Waals surface area contributed by atoms with Gasteiger partial charge in [-0.25, -0.2) is 0 Å². The Balaban J connectivity index is 0.00000261. The third-order valence-corrected chi connectivity index (χ3v) is 6.17. The van der Waals surface area contributed by atoms with E-state index in [2.05, 4.69) is 40.8 Å². The zero-order valence-electron chi connectivity index (χ0n) is 17.5. The first kappa shape index (κ1) is 23.2. The molecule has 0 aliphatic carbocycles. The Kier molecular flexibility index (Phi) is 10.1. The molecule has 0 aromatic rings. The Bertz CT molecular complexity index is 450. The van der Waals surface area contributed by atoms with Crippen molar-refractivity contribution in [1.82, 2.24) is 20.0 Å². The summed E-state index contributed by atoms with van der Waals surface area (Å²) in [7, 11) is 0. The molecule has 0 aromatic heterocycles. The number of halogens is 1. The van der Waals surface area contributed by atoms with Crippen LogP contribution in [0.4, 0.5) is 0 Å². The maximum Gasteiger partial charge on any atom is 0.194 e. The molecular formula is C20H40IN5O. The second-order valence-electron chi connectivity index (χ2n) is 8.29. The Labute approximate surface area is 183 Å². The molecule has 7 heteroatoms. The summed E-state index contributed by atoms with van der Waals surface area (Å²) in [4.78, 5) is 12.8. The van der Waals surface area contributed by atoms with E-state index >= 15 is 0 Å². The van der Waals surface area contributed by atoms with Gasteiger partial charge in [-0.05, 0) is 45.2 Å². The second kappa shape index (κ2) is 11.8. The monoisotopic (exact) mass is 493 g/mol. The highest BCUT2D eigenvalue weighted by Crippen LogP contribution is 2.20. The average molecular weight is 493 g/mol. The summed E-state index contributed by atoms with van der Waals surface area (Å²) in [6.07, 6.45) is 3.94. The van der Waals surface area contributed by atoms with Crippen LogP contribution >= 0.6 is 24.0 Å². The number of morpholine rings is 1. The van der Waals surface area contributed by atoms with E-state index in [0.717, 1.165) is 58.4 Å². The third kappa shape index (κ3) is 6.44. The Morgan fingerprint density at radius 1 is 1.11 bits per heavy atom. The predicted molar refractivity (Wildman–Crippen MR) is 123 cm³/mol. The highest BCUT2D eigenvalue weighted by Gasteiger charge is 2.31. The number of aliphatic imine (C=N–C) groups is 1. The molecule has 3 saturated heterocycles. The van der Waals surface area contributed by atoms with Gasteiger partial charge in [-0.2, -0.15) is 0 Å². The molecule has 6 nitrogen and oxygen atoms in total. The fourth-order valence-electron chi connectivity index (χ4n) is 4.60. The molecule has 0 saturated carbocycles. The Morgan fingerprint density at radius 2 is 1.81 bits per heavy atom. The molecule has 0 amide bonds. The van der Waals surface area contributed by atoms with Crippen molar-refractivity contribution in [1.29, 1.82) is 0 Å². The van der Waals surface area contributed by atoms with Crippen molar-refractivity contribution >= 4 is 29.9 Å². The summed E-state index contributed by atoms with van der Waals surface area (Å²) >= 11 is 0. The van der Waals surface area contributed by atoms with Crippen LogP contribution in [0.15, 0.2) is 4.99 Å². The van der Waals surface area contributed by atoms with Gasteiger partial charge < -0.3 is 15.0 Å². The van der Waals surface area contributed by atoms with E-state index in [0.29, 0.717) is 18.0 Å². The molecular weight excluding hydrogens is 453 g/mol. The van der Waals surface area contributed by atoms with Crippen LogP contribution in [0.3, 0.4) is 0 Å². The number of rotatable bonds is 6. The van der Waals surface area contributed by atoms with E-state index in [4.69, 9.17) is 9.73 Å². The van der Waals surface area contributed by atoms with Gasteiger partial charge in [0.2, 0.25) is 0 Å². The van der Waals surface area contributed by atoms with E-state index < -0.39 is 0 Å². The normalized spacial score (nSPS) is 26.4. The van der Waals surface area contributed by atoms with E-state index in [1.807, 2.05) is 0 Å². The van der Waals surface area contributed by atoms with Crippen LogP contribution in [0.2, 0.25) is 0 Å². The van der Waals surface area contributed by atoms with Crippen LogP contribution in [0.25, 0.3) is 0 Å². The highest BCUT2D eigenvalue weighted by atomic mass is 127. The molecule has 3 aliphatic rings. The zero-order valence-corrected chi connectivity index (χ0v) is 19.9. The maximum atomic E-state index is 5.51. The molecule has 1 N–H and O–H groups in total. The number of likely N-dealkylation sites (tertiary alicyclic amines) is 2. The third-order valence-electron chi connectivity index (χ3n) is 6.17. The summed E-state index contributed by atoms with van der Waals surface area (Å²) in [5, 5.41) is 3.55. The molecule has 3 fully saturated rings. The fourth-order valence-corrected chi connectivity index (χ4v) is 4.60. The van der Waals surface area contributed by atoms with Crippen LogP contribution in [0, 0.1) is 5.92 Å². The summed E-state index contributed by atoms with van der Waals surface area (Å²) in [5.41, 5.74) is 0. The first-order valence-corrected chi connectivity index (χ1v) is 10.8. The number of hydrogen-bond donors (Lipinski definition) is 1. The molecule has 2 unspecified atom stereocenters. The minimum absolute atomic E-state index is 0. The van der Waals surface area contributed by atoms with Crippen molar-refractivity contribution in [3.8, 4) is 0 Å². The molecule has 3 heterocycles. The molecule has 27 heavy (non-hydrogen) atoms. The minimum Gasteiger partial charge on any atom is -0.379 e. The maximum absolute atomic E-state index is 5.51. The predicted octanol–water partition coefficient (Wildman–Crippen LogP) is 2.10. The summed E-state index contributed by atoms with van der Waals surface area (Å²) in [5.74, 6) is 1.77. The lowest BCUT2D eigenvalue weighted by molar-refractivity contribution is 0.0195. The van der Waals surface area contributed by atoms with Gasteiger partial charge in [-0.1, -0.05) is 13.8 Å². The molecule has 0 aromatic carbocycles. The topological polar surface area (TPSA) is 43.3 Å². The van der Waals surface area contributed by atoms with Crippen LogP contribution in [-0.4, -0.2) is 98.3 Å². The van der Waals surface area contributed by atoms with Crippen LogP contribution in [0.5, 0.6) is 0 Å². The van der Waals surface area contributed by atoms with Crippen molar-refractivity contribution in [2.24, 2.45) is 10.9 Å². The van der Waals surface area contributed by atoms with Crippen molar-refractivity contribution in [2.75, 3.05) is 65.6 Å². The molecule has 0 spiro atoms. The van der Waals surface area contributed by atoms with E-state index in [1.165, 1.54) is 32.4 Å². The average Bonchev–Trinajstić information content (AvgIpc) is 3.34. The van der Waals surface area contributed by atoms with Gasteiger partial charge >= 0.3 is 0 Å². The zero-order chi connectivity index (χ0) is 18.4. The van der Waals surface area contributed by atoms with E-state index in [-0.39, 0.29) is 24.0 Å². The summed E-state index contributed by atoms with van der Waals surface area (Å²) in [6.45, 7) is 17.4. The van der Waals surface area contributed by atoms with Crippen LogP contribution < -0.4 is 5.32 Å². The van der Waals surface area contributed by atoms with Gasteiger partial charge in [0.15, 0.2) is 5.96 Å². The van der Waals surface area contributed by atoms with Gasteiger partial charge in [0.1, 0.15) is 0 Å². The van der Waals surface area contributed by atoms with E-state index in [9.17, 15) is 0 Å². The first-order chi connectivity index (χ1) is 12.7.